The monoisotopic (exact) mass is 452 g/mol. The van der Waals surface area contributed by atoms with E-state index in [4.69, 9.17) is 23.2 Å². The molecule has 2 aromatic rings. The van der Waals surface area contributed by atoms with Crippen LogP contribution in [-0.2, 0) is 16.1 Å². The average molecular weight is 453 g/mol. The van der Waals surface area contributed by atoms with E-state index < -0.39 is 6.04 Å². The van der Waals surface area contributed by atoms with E-state index in [0.29, 0.717) is 29.6 Å². The Hall–Kier alpha value is -1.69. The number of rotatable bonds is 9. The number of thioether (sulfide) groups is 1. The van der Waals surface area contributed by atoms with Crippen molar-refractivity contribution >= 4 is 46.8 Å². The van der Waals surface area contributed by atoms with Gasteiger partial charge < -0.3 is 10.2 Å². The predicted molar refractivity (Wildman–Crippen MR) is 122 cm³/mol. The molecule has 0 aliphatic heterocycles. The van der Waals surface area contributed by atoms with Crippen molar-refractivity contribution < 1.29 is 9.59 Å². The third-order valence-corrected chi connectivity index (χ3v) is 6.19. The first-order chi connectivity index (χ1) is 13.8. The van der Waals surface area contributed by atoms with Crippen LogP contribution in [0.4, 0.5) is 0 Å². The van der Waals surface area contributed by atoms with E-state index in [1.807, 2.05) is 51.1 Å². The molecule has 29 heavy (non-hydrogen) atoms. The Labute approximate surface area is 187 Å². The molecular weight excluding hydrogens is 427 g/mol. The molecule has 0 aliphatic rings. The van der Waals surface area contributed by atoms with E-state index in [9.17, 15) is 9.59 Å². The Morgan fingerprint density at radius 2 is 1.76 bits per heavy atom. The van der Waals surface area contributed by atoms with Crippen molar-refractivity contribution in [2.24, 2.45) is 0 Å². The highest BCUT2D eigenvalue weighted by atomic mass is 35.5. The van der Waals surface area contributed by atoms with Crippen LogP contribution in [0.1, 0.15) is 31.4 Å². The van der Waals surface area contributed by atoms with Gasteiger partial charge in [0.05, 0.1) is 15.8 Å². The molecule has 7 heteroatoms. The topological polar surface area (TPSA) is 49.4 Å². The Morgan fingerprint density at radius 3 is 2.34 bits per heavy atom. The van der Waals surface area contributed by atoms with E-state index in [2.05, 4.69) is 5.32 Å². The van der Waals surface area contributed by atoms with Gasteiger partial charge in [-0.15, -0.1) is 11.8 Å². The fourth-order valence-corrected chi connectivity index (χ4v) is 4.01. The largest absolute Gasteiger partial charge is 0.355 e. The SMILES string of the molecule is CCNC(=O)C(CC)N(Cc1ccc(Cl)c(Cl)c1)C(=O)CSc1ccc(C)cc1. The smallest absolute Gasteiger partial charge is 0.242 e. The van der Waals surface area contributed by atoms with Crippen LogP contribution < -0.4 is 5.32 Å². The number of nitrogens with one attached hydrogen (secondary N) is 1. The Morgan fingerprint density at radius 1 is 1.07 bits per heavy atom. The van der Waals surface area contributed by atoms with Crippen LogP contribution in [-0.4, -0.2) is 35.1 Å². The highest BCUT2D eigenvalue weighted by Crippen LogP contribution is 2.25. The zero-order chi connectivity index (χ0) is 21.4. The normalized spacial score (nSPS) is 11.8. The summed E-state index contributed by atoms with van der Waals surface area (Å²) >= 11 is 13.6. The number of nitrogens with zero attached hydrogens (tertiary/aromatic N) is 1. The molecule has 4 nitrogen and oxygen atoms in total. The molecular formula is C22H26Cl2N2O2S. The number of carbonyl (C=O) groups is 2. The molecule has 2 aromatic carbocycles. The standard InChI is InChI=1S/C22H26Cl2N2O2S/c1-4-20(22(28)25-5-2)26(13-16-8-11-18(23)19(24)12-16)21(27)14-29-17-9-6-15(3)7-10-17/h6-12,20H,4-5,13-14H2,1-3H3,(H,25,28). The van der Waals surface area contributed by atoms with Gasteiger partial charge in [-0.2, -0.15) is 0 Å². The number of hydrogen-bond acceptors (Lipinski definition) is 3. The second-order valence-corrected chi connectivity index (χ2v) is 8.55. The minimum Gasteiger partial charge on any atom is -0.355 e. The summed E-state index contributed by atoms with van der Waals surface area (Å²) in [6, 6.07) is 12.8. The van der Waals surface area contributed by atoms with E-state index in [0.717, 1.165) is 10.5 Å². The first kappa shape index (κ1) is 23.6. The lowest BCUT2D eigenvalue weighted by Gasteiger charge is -2.30. The van der Waals surface area contributed by atoms with Gasteiger partial charge in [0.25, 0.3) is 0 Å². The maximum atomic E-state index is 13.1. The molecule has 0 fully saturated rings. The van der Waals surface area contributed by atoms with Crippen LogP contribution in [0.25, 0.3) is 0 Å². The molecule has 0 aromatic heterocycles. The molecule has 0 spiro atoms. The number of halogens is 2. The lowest BCUT2D eigenvalue weighted by atomic mass is 10.1. The van der Waals surface area contributed by atoms with Gasteiger partial charge >= 0.3 is 0 Å². The Balaban J connectivity index is 2.21. The lowest BCUT2D eigenvalue weighted by molar-refractivity contribution is -0.139. The van der Waals surface area contributed by atoms with Gasteiger partial charge in [0.2, 0.25) is 11.8 Å². The second-order valence-electron chi connectivity index (χ2n) is 6.69. The van der Waals surface area contributed by atoms with E-state index >= 15 is 0 Å². The average Bonchev–Trinajstić information content (AvgIpc) is 2.70. The third kappa shape index (κ3) is 6.95. The molecule has 1 atom stereocenters. The number of carbonyl (C=O) groups excluding carboxylic acids is 2. The van der Waals surface area contributed by atoms with Crippen molar-refractivity contribution in [2.45, 2.75) is 44.7 Å². The van der Waals surface area contributed by atoms with Crippen molar-refractivity contribution in [2.75, 3.05) is 12.3 Å². The third-order valence-electron chi connectivity index (χ3n) is 4.46. The Bertz CT molecular complexity index is 843. The number of amides is 2. The van der Waals surface area contributed by atoms with Crippen molar-refractivity contribution in [1.29, 1.82) is 0 Å². The molecule has 2 amide bonds. The highest BCUT2D eigenvalue weighted by molar-refractivity contribution is 8.00. The van der Waals surface area contributed by atoms with Gasteiger partial charge in [-0.1, -0.05) is 53.9 Å². The number of aryl methyl sites for hydroxylation is 1. The molecule has 0 aliphatic carbocycles. The molecule has 2 rings (SSSR count). The lowest BCUT2D eigenvalue weighted by Crippen LogP contribution is -2.49. The van der Waals surface area contributed by atoms with Crippen molar-refractivity contribution in [3.63, 3.8) is 0 Å². The first-order valence-corrected chi connectivity index (χ1v) is 11.3. The number of likely N-dealkylation sites (N-methyl/N-ethyl adjacent to an activating group) is 1. The molecule has 0 bridgehead atoms. The second kappa shape index (κ2) is 11.5. The fourth-order valence-electron chi connectivity index (χ4n) is 2.91. The highest BCUT2D eigenvalue weighted by Gasteiger charge is 2.28. The zero-order valence-electron chi connectivity index (χ0n) is 16.9. The quantitative estimate of drug-likeness (QED) is 0.522. The van der Waals surface area contributed by atoms with Crippen LogP contribution in [0.5, 0.6) is 0 Å². The maximum Gasteiger partial charge on any atom is 0.242 e. The molecule has 0 saturated carbocycles. The Kier molecular flexibility index (Phi) is 9.34. The van der Waals surface area contributed by atoms with Crippen LogP contribution in [0.3, 0.4) is 0 Å². The summed E-state index contributed by atoms with van der Waals surface area (Å²) in [7, 11) is 0. The summed E-state index contributed by atoms with van der Waals surface area (Å²) in [4.78, 5) is 28.3. The summed E-state index contributed by atoms with van der Waals surface area (Å²) in [5.74, 6) is 0.00352. The zero-order valence-corrected chi connectivity index (χ0v) is 19.2. The van der Waals surface area contributed by atoms with Gasteiger partial charge in [0.15, 0.2) is 0 Å². The molecule has 1 unspecified atom stereocenters. The minimum atomic E-state index is -0.546. The molecule has 156 valence electrons. The number of hydrogen-bond donors (Lipinski definition) is 1. The molecule has 0 saturated heterocycles. The van der Waals surface area contributed by atoms with Crippen LogP contribution in [0.15, 0.2) is 47.4 Å². The van der Waals surface area contributed by atoms with Crippen LogP contribution in [0.2, 0.25) is 10.0 Å². The summed E-state index contributed by atoms with van der Waals surface area (Å²) in [5, 5.41) is 3.72. The summed E-state index contributed by atoms with van der Waals surface area (Å²) < 4.78 is 0. The summed E-state index contributed by atoms with van der Waals surface area (Å²) in [6.07, 6.45) is 0.522. The van der Waals surface area contributed by atoms with Gasteiger partial charge in [-0.3, -0.25) is 9.59 Å². The van der Waals surface area contributed by atoms with Crippen LogP contribution >= 0.6 is 35.0 Å². The van der Waals surface area contributed by atoms with Crippen LogP contribution in [0, 0.1) is 6.92 Å². The molecule has 1 N–H and O–H groups in total. The summed E-state index contributed by atoms with van der Waals surface area (Å²) in [6.45, 7) is 6.60. The van der Waals surface area contributed by atoms with Gasteiger partial charge in [-0.05, 0) is 50.1 Å². The predicted octanol–water partition coefficient (Wildman–Crippen LogP) is 5.34. The van der Waals surface area contributed by atoms with Gasteiger partial charge in [-0.25, -0.2) is 0 Å². The minimum absolute atomic E-state index is 0.0975. The first-order valence-electron chi connectivity index (χ1n) is 9.56. The maximum absolute atomic E-state index is 13.1. The number of benzene rings is 2. The molecule has 0 heterocycles. The van der Waals surface area contributed by atoms with Crippen molar-refractivity contribution in [3.05, 3.63) is 63.6 Å². The fraction of sp³-hybridized carbons (Fsp3) is 0.364. The van der Waals surface area contributed by atoms with Crippen molar-refractivity contribution in [3.8, 4) is 0 Å². The van der Waals surface area contributed by atoms with Crippen molar-refractivity contribution in [1.82, 2.24) is 10.2 Å². The molecule has 0 radical (unpaired) electrons. The van der Waals surface area contributed by atoms with Gasteiger partial charge in [0, 0.05) is 18.0 Å². The van der Waals surface area contributed by atoms with Gasteiger partial charge in [0.1, 0.15) is 6.04 Å². The van der Waals surface area contributed by atoms with E-state index in [1.165, 1.54) is 17.3 Å². The van der Waals surface area contributed by atoms with E-state index in [-0.39, 0.29) is 17.6 Å². The van der Waals surface area contributed by atoms with E-state index in [1.54, 1.807) is 17.0 Å². The summed E-state index contributed by atoms with van der Waals surface area (Å²) in [5.41, 5.74) is 2.00.